The number of carbonyl (C=O) groups is 1. The number of pyridine rings is 1. The summed E-state index contributed by atoms with van der Waals surface area (Å²) in [5.74, 6) is 0.0430. The minimum Gasteiger partial charge on any atom is -0.377 e. The van der Waals surface area contributed by atoms with Crippen LogP contribution in [0.25, 0.3) is 0 Å². The van der Waals surface area contributed by atoms with E-state index in [9.17, 15) is 4.79 Å². The lowest BCUT2D eigenvalue weighted by Crippen LogP contribution is -2.26. The maximum atomic E-state index is 11.9. The zero-order chi connectivity index (χ0) is 16.5. The molecule has 4 nitrogen and oxygen atoms in total. The molecule has 1 aromatic heterocycles. The molecule has 1 aromatic carbocycles. The molecular formula is C19H24N2O2. The first-order valence-corrected chi connectivity index (χ1v) is 7.99. The van der Waals surface area contributed by atoms with Crippen LogP contribution in [0.15, 0.2) is 48.7 Å². The van der Waals surface area contributed by atoms with E-state index in [1.807, 2.05) is 62.5 Å². The number of carbonyl (C=O) groups excluding carboxylic acids is 1. The van der Waals surface area contributed by atoms with Crippen LogP contribution in [0, 0.1) is 6.92 Å². The van der Waals surface area contributed by atoms with E-state index in [4.69, 9.17) is 4.74 Å². The number of amides is 1. The Balaban J connectivity index is 1.62. The first-order chi connectivity index (χ1) is 11.1. The number of aryl methyl sites for hydroxylation is 1. The summed E-state index contributed by atoms with van der Waals surface area (Å²) < 4.78 is 5.58. The van der Waals surface area contributed by atoms with Gasteiger partial charge in [-0.3, -0.25) is 9.78 Å². The van der Waals surface area contributed by atoms with Crippen LogP contribution in [0.4, 0.5) is 0 Å². The summed E-state index contributed by atoms with van der Waals surface area (Å²) in [4.78, 5) is 16.2. The van der Waals surface area contributed by atoms with Crippen molar-refractivity contribution < 1.29 is 9.53 Å². The number of nitrogens with zero attached hydrogens (tertiary/aromatic N) is 1. The summed E-state index contributed by atoms with van der Waals surface area (Å²) in [5, 5.41) is 2.99. The van der Waals surface area contributed by atoms with Gasteiger partial charge in [-0.1, -0.05) is 36.4 Å². The number of benzene rings is 1. The Morgan fingerprint density at radius 2 is 2.00 bits per heavy atom. The Kier molecular flexibility index (Phi) is 6.76. The topological polar surface area (TPSA) is 51.2 Å². The fourth-order valence-corrected chi connectivity index (χ4v) is 2.23. The molecule has 23 heavy (non-hydrogen) atoms. The van der Waals surface area contributed by atoms with Gasteiger partial charge in [-0.25, -0.2) is 0 Å². The summed E-state index contributed by atoms with van der Waals surface area (Å²) in [6.07, 6.45) is 3.00. The van der Waals surface area contributed by atoms with Crippen LogP contribution in [0.2, 0.25) is 0 Å². The molecule has 0 spiro atoms. The number of aromatic nitrogens is 1. The summed E-state index contributed by atoms with van der Waals surface area (Å²) in [7, 11) is 0. The minimum absolute atomic E-state index is 0.0270. The lowest BCUT2D eigenvalue weighted by atomic mass is 10.1. The van der Waals surface area contributed by atoms with Crippen LogP contribution < -0.4 is 5.32 Å². The third-order valence-electron chi connectivity index (χ3n) is 3.62. The molecule has 122 valence electrons. The number of nitrogens with one attached hydrogen (secondary N) is 1. The molecule has 2 rings (SSSR count). The first kappa shape index (κ1) is 17.2. The molecule has 1 atom stereocenters. The Bertz CT molecular complexity index is 597. The standard InChI is InChI=1S/C19H24N2O2/c1-15-10-11-18(13-20-15)16(2)21-19(22)9-6-12-23-14-17-7-4-3-5-8-17/h3-5,7-8,10-11,13,16H,6,9,12,14H2,1-2H3,(H,21,22). The van der Waals surface area contributed by atoms with Gasteiger partial charge in [-0.2, -0.15) is 0 Å². The van der Waals surface area contributed by atoms with Gasteiger partial charge in [0.2, 0.25) is 5.91 Å². The van der Waals surface area contributed by atoms with Crippen molar-refractivity contribution in [2.45, 2.75) is 39.3 Å². The van der Waals surface area contributed by atoms with E-state index in [0.29, 0.717) is 19.6 Å². The van der Waals surface area contributed by atoms with Crippen LogP contribution in [0.3, 0.4) is 0 Å². The quantitative estimate of drug-likeness (QED) is 0.758. The maximum absolute atomic E-state index is 11.9. The fourth-order valence-electron chi connectivity index (χ4n) is 2.23. The van der Waals surface area contributed by atoms with E-state index in [1.54, 1.807) is 0 Å². The van der Waals surface area contributed by atoms with Crippen molar-refractivity contribution in [3.8, 4) is 0 Å². The predicted octanol–water partition coefficient (Wildman–Crippen LogP) is 3.56. The van der Waals surface area contributed by atoms with E-state index < -0.39 is 0 Å². The number of hydrogen-bond acceptors (Lipinski definition) is 3. The van der Waals surface area contributed by atoms with Crippen molar-refractivity contribution in [1.29, 1.82) is 0 Å². The molecule has 0 aliphatic rings. The Hall–Kier alpha value is -2.20. The molecule has 0 aliphatic carbocycles. The van der Waals surface area contributed by atoms with Gasteiger partial charge in [0, 0.05) is 24.9 Å². The van der Waals surface area contributed by atoms with Gasteiger partial charge in [0.25, 0.3) is 0 Å². The van der Waals surface area contributed by atoms with Crippen LogP contribution in [-0.4, -0.2) is 17.5 Å². The summed E-state index contributed by atoms with van der Waals surface area (Å²) in [6.45, 7) is 5.09. The highest BCUT2D eigenvalue weighted by Gasteiger charge is 2.09. The first-order valence-electron chi connectivity index (χ1n) is 7.99. The third-order valence-corrected chi connectivity index (χ3v) is 3.62. The van der Waals surface area contributed by atoms with E-state index in [0.717, 1.165) is 23.2 Å². The molecule has 1 unspecified atom stereocenters. The highest BCUT2D eigenvalue weighted by atomic mass is 16.5. The molecular weight excluding hydrogens is 288 g/mol. The largest absolute Gasteiger partial charge is 0.377 e. The van der Waals surface area contributed by atoms with Crippen LogP contribution in [-0.2, 0) is 16.1 Å². The highest BCUT2D eigenvalue weighted by molar-refractivity contribution is 5.76. The average Bonchev–Trinajstić information content (AvgIpc) is 2.56. The third kappa shape index (κ3) is 6.20. The minimum atomic E-state index is -0.0270. The summed E-state index contributed by atoms with van der Waals surface area (Å²) >= 11 is 0. The molecule has 2 aromatic rings. The summed E-state index contributed by atoms with van der Waals surface area (Å²) in [5.41, 5.74) is 3.14. The fraction of sp³-hybridized carbons (Fsp3) is 0.368. The van der Waals surface area contributed by atoms with Crippen LogP contribution in [0.1, 0.15) is 42.6 Å². The molecule has 0 saturated heterocycles. The van der Waals surface area contributed by atoms with Gasteiger partial charge in [0.05, 0.1) is 12.6 Å². The predicted molar refractivity (Wildman–Crippen MR) is 90.9 cm³/mol. The van der Waals surface area contributed by atoms with E-state index in [2.05, 4.69) is 10.3 Å². The number of hydrogen-bond donors (Lipinski definition) is 1. The van der Waals surface area contributed by atoms with Gasteiger partial charge >= 0.3 is 0 Å². The Labute approximate surface area is 137 Å². The average molecular weight is 312 g/mol. The second-order valence-corrected chi connectivity index (χ2v) is 5.66. The van der Waals surface area contributed by atoms with E-state index in [1.165, 1.54) is 0 Å². The number of rotatable bonds is 8. The molecule has 1 heterocycles. The SMILES string of the molecule is Cc1ccc(C(C)NC(=O)CCCOCc2ccccc2)cn1. The van der Waals surface area contributed by atoms with Crippen molar-refractivity contribution in [2.75, 3.05) is 6.61 Å². The second-order valence-electron chi connectivity index (χ2n) is 5.66. The van der Waals surface area contributed by atoms with Gasteiger partial charge in [-0.05, 0) is 37.5 Å². The van der Waals surface area contributed by atoms with E-state index >= 15 is 0 Å². The van der Waals surface area contributed by atoms with Crippen LogP contribution in [0.5, 0.6) is 0 Å². The monoisotopic (exact) mass is 312 g/mol. The van der Waals surface area contributed by atoms with Crippen LogP contribution >= 0.6 is 0 Å². The lowest BCUT2D eigenvalue weighted by Gasteiger charge is -2.14. The normalized spacial score (nSPS) is 11.9. The second kappa shape index (κ2) is 9.06. The van der Waals surface area contributed by atoms with Crippen molar-refractivity contribution in [3.63, 3.8) is 0 Å². The van der Waals surface area contributed by atoms with E-state index in [-0.39, 0.29) is 11.9 Å². The Morgan fingerprint density at radius 3 is 2.70 bits per heavy atom. The zero-order valence-electron chi connectivity index (χ0n) is 13.8. The highest BCUT2D eigenvalue weighted by Crippen LogP contribution is 2.11. The molecule has 0 saturated carbocycles. The van der Waals surface area contributed by atoms with Crippen molar-refractivity contribution in [3.05, 3.63) is 65.5 Å². The molecule has 0 aliphatic heterocycles. The van der Waals surface area contributed by atoms with Gasteiger partial charge < -0.3 is 10.1 Å². The van der Waals surface area contributed by atoms with Gasteiger partial charge in [0.15, 0.2) is 0 Å². The zero-order valence-corrected chi connectivity index (χ0v) is 13.8. The molecule has 0 radical (unpaired) electrons. The molecule has 1 amide bonds. The molecule has 4 heteroatoms. The lowest BCUT2D eigenvalue weighted by molar-refractivity contribution is -0.122. The molecule has 0 bridgehead atoms. The molecule has 1 N–H and O–H groups in total. The summed E-state index contributed by atoms with van der Waals surface area (Å²) in [6, 6.07) is 14.0. The smallest absolute Gasteiger partial charge is 0.220 e. The Morgan fingerprint density at radius 1 is 1.22 bits per heavy atom. The van der Waals surface area contributed by atoms with Crippen molar-refractivity contribution >= 4 is 5.91 Å². The maximum Gasteiger partial charge on any atom is 0.220 e. The number of ether oxygens (including phenoxy) is 1. The van der Waals surface area contributed by atoms with Gasteiger partial charge in [0.1, 0.15) is 0 Å². The molecule has 0 fully saturated rings. The van der Waals surface area contributed by atoms with Crippen molar-refractivity contribution in [2.24, 2.45) is 0 Å². The van der Waals surface area contributed by atoms with Gasteiger partial charge in [-0.15, -0.1) is 0 Å². The van der Waals surface area contributed by atoms with Crippen molar-refractivity contribution in [1.82, 2.24) is 10.3 Å².